The Balaban J connectivity index is 2.19. The number of rotatable bonds is 0. The highest BCUT2D eigenvalue weighted by Gasteiger charge is 2.20. The first-order valence-corrected chi connectivity index (χ1v) is 5.66. The monoisotopic (exact) mass is 231 g/mol. The maximum Gasteiger partial charge on any atom is 0.140 e. The van der Waals surface area contributed by atoms with Gasteiger partial charge >= 0.3 is 0 Å². The highest BCUT2D eigenvalue weighted by Crippen LogP contribution is 2.51. The number of nitrogens with one attached hydrogen (secondary N) is 1. The van der Waals surface area contributed by atoms with E-state index in [0.29, 0.717) is 10.6 Å². The minimum Gasteiger partial charge on any atom is -0.507 e. The van der Waals surface area contributed by atoms with Gasteiger partial charge in [0.15, 0.2) is 0 Å². The minimum atomic E-state index is 0.148. The lowest BCUT2D eigenvalue weighted by Gasteiger charge is -2.21. The molecule has 4 heteroatoms. The number of para-hydroxylation sites is 1. The number of anilines is 2. The Kier molecular flexibility index (Phi) is 1.97. The van der Waals surface area contributed by atoms with Crippen molar-refractivity contribution >= 4 is 23.1 Å². The van der Waals surface area contributed by atoms with E-state index in [2.05, 4.69) is 5.32 Å². The first kappa shape index (κ1) is 9.42. The molecular weight excluding hydrogens is 222 g/mol. The van der Waals surface area contributed by atoms with Crippen LogP contribution in [0, 0.1) is 0 Å². The van der Waals surface area contributed by atoms with Crippen molar-refractivity contribution in [3.63, 3.8) is 0 Å². The summed E-state index contributed by atoms with van der Waals surface area (Å²) in [6, 6.07) is 10.8. The average Bonchev–Trinajstić information content (AvgIpc) is 2.32. The maximum absolute atomic E-state index is 9.73. The van der Waals surface area contributed by atoms with Crippen LogP contribution in [0.25, 0.3) is 0 Å². The predicted octanol–water partition coefficient (Wildman–Crippen LogP) is 3.31. The molecule has 1 aliphatic heterocycles. The summed E-state index contributed by atoms with van der Waals surface area (Å²) in [5.74, 6) is 0.328. The zero-order chi connectivity index (χ0) is 11.1. The summed E-state index contributed by atoms with van der Waals surface area (Å²) in [5, 5.41) is 22.6. The van der Waals surface area contributed by atoms with Crippen LogP contribution in [-0.4, -0.2) is 10.2 Å². The summed E-state index contributed by atoms with van der Waals surface area (Å²) in [5.41, 5.74) is 1.52. The molecule has 3 rings (SSSR count). The fraction of sp³-hybridized carbons (Fsp3) is 0. The quantitative estimate of drug-likeness (QED) is 0.410. The second-order valence-electron chi connectivity index (χ2n) is 3.53. The van der Waals surface area contributed by atoms with E-state index < -0.39 is 0 Å². The second kappa shape index (κ2) is 3.35. The van der Waals surface area contributed by atoms with E-state index in [1.807, 2.05) is 24.3 Å². The lowest BCUT2D eigenvalue weighted by atomic mass is 10.2. The molecule has 80 valence electrons. The van der Waals surface area contributed by atoms with Gasteiger partial charge in [0.1, 0.15) is 11.5 Å². The van der Waals surface area contributed by atoms with Crippen LogP contribution in [0.1, 0.15) is 0 Å². The summed E-state index contributed by atoms with van der Waals surface area (Å²) in [4.78, 5) is 1.70. The van der Waals surface area contributed by atoms with Gasteiger partial charge < -0.3 is 15.5 Å². The van der Waals surface area contributed by atoms with E-state index in [9.17, 15) is 10.2 Å². The number of benzene rings is 2. The van der Waals surface area contributed by atoms with Gasteiger partial charge in [0.05, 0.1) is 16.3 Å². The number of hydrogen-bond acceptors (Lipinski definition) is 4. The normalized spacial score (nSPS) is 12.5. The molecule has 0 fully saturated rings. The molecule has 2 aromatic rings. The van der Waals surface area contributed by atoms with Crippen molar-refractivity contribution in [3.05, 3.63) is 36.4 Å². The molecule has 3 nitrogen and oxygen atoms in total. The highest BCUT2D eigenvalue weighted by atomic mass is 32.2. The third-order valence-corrected chi connectivity index (χ3v) is 3.67. The lowest BCUT2D eigenvalue weighted by Crippen LogP contribution is -1.99. The molecule has 0 unspecified atom stereocenters. The predicted molar refractivity (Wildman–Crippen MR) is 63.6 cm³/mol. The number of phenolic OH excluding ortho intramolecular Hbond substituents is 2. The molecule has 0 saturated carbocycles. The van der Waals surface area contributed by atoms with Gasteiger partial charge in [-0.25, -0.2) is 0 Å². The number of aromatic hydroxyl groups is 2. The molecular formula is C12H9NO2S. The molecule has 1 aliphatic rings. The van der Waals surface area contributed by atoms with Gasteiger partial charge in [-0.15, -0.1) is 0 Å². The van der Waals surface area contributed by atoms with E-state index in [1.54, 1.807) is 0 Å². The van der Waals surface area contributed by atoms with E-state index in [0.717, 1.165) is 10.6 Å². The molecule has 2 aromatic carbocycles. The van der Waals surface area contributed by atoms with Gasteiger partial charge in [-0.1, -0.05) is 23.9 Å². The Hall–Kier alpha value is -1.81. The Labute approximate surface area is 96.7 Å². The Morgan fingerprint density at radius 1 is 0.938 bits per heavy atom. The number of phenols is 2. The van der Waals surface area contributed by atoms with Crippen LogP contribution in [0.4, 0.5) is 11.4 Å². The fourth-order valence-corrected chi connectivity index (χ4v) is 2.71. The summed E-state index contributed by atoms with van der Waals surface area (Å²) in [6.45, 7) is 0. The van der Waals surface area contributed by atoms with Gasteiger partial charge in [-0.3, -0.25) is 0 Å². The SMILES string of the molecule is Oc1ccc(O)c2c1Nc1ccccc1S2. The van der Waals surface area contributed by atoms with Crippen LogP contribution in [0.2, 0.25) is 0 Å². The summed E-state index contributed by atoms with van der Waals surface area (Å²) in [7, 11) is 0. The van der Waals surface area contributed by atoms with Crippen molar-refractivity contribution in [1.29, 1.82) is 0 Å². The Morgan fingerprint density at radius 2 is 1.69 bits per heavy atom. The molecule has 0 amide bonds. The highest BCUT2D eigenvalue weighted by molar-refractivity contribution is 7.99. The molecule has 0 atom stereocenters. The molecule has 0 aliphatic carbocycles. The molecule has 0 radical (unpaired) electrons. The van der Waals surface area contributed by atoms with Gasteiger partial charge in [0.25, 0.3) is 0 Å². The van der Waals surface area contributed by atoms with Crippen LogP contribution in [0.15, 0.2) is 46.2 Å². The van der Waals surface area contributed by atoms with Crippen molar-refractivity contribution < 1.29 is 10.2 Å². The maximum atomic E-state index is 9.73. The van der Waals surface area contributed by atoms with Crippen molar-refractivity contribution in [2.75, 3.05) is 5.32 Å². The first-order valence-electron chi connectivity index (χ1n) is 4.84. The molecule has 0 aromatic heterocycles. The van der Waals surface area contributed by atoms with Crippen LogP contribution >= 0.6 is 11.8 Å². The summed E-state index contributed by atoms with van der Waals surface area (Å²) < 4.78 is 0. The van der Waals surface area contributed by atoms with E-state index in [1.165, 1.54) is 23.9 Å². The third kappa shape index (κ3) is 1.31. The lowest BCUT2D eigenvalue weighted by molar-refractivity contribution is 0.451. The van der Waals surface area contributed by atoms with Crippen molar-refractivity contribution in [3.8, 4) is 11.5 Å². The smallest absolute Gasteiger partial charge is 0.140 e. The van der Waals surface area contributed by atoms with Gasteiger partial charge in [-0.2, -0.15) is 0 Å². The average molecular weight is 231 g/mol. The fourth-order valence-electron chi connectivity index (χ4n) is 1.69. The zero-order valence-electron chi connectivity index (χ0n) is 8.27. The number of fused-ring (bicyclic) bond motifs is 2. The zero-order valence-corrected chi connectivity index (χ0v) is 9.08. The van der Waals surface area contributed by atoms with Crippen molar-refractivity contribution in [2.24, 2.45) is 0 Å². The van der Waals surface area contributed by atoms with Crippen LogP contribution in [0.3, 0.4) is 0 Å². The Morgan fingerprint density at radius 3 is 2.56 bits per heavy atom. The van der Waals surface area contributed by atoms with Crippen molar-refractivity contribution in [1.82, 2.24) is 0 Å². The van der Waals surface area contributed by atoms with Gasteiger partial charge in [0, 0.05) is 4.90 Å². The minimum absolute atomic E-state index is 0.148. The summed E-state index contributed by atoms with van der Waals surface area (Å²) in [6.07, 6.45) is 0. The standard InChI is InChI=1S/C12H9NO2S/c14-8-5-6-9(15)12-11(8)13-7-3-1-2-4-10(7)16-12/h1-6,13-15H. The van der Waals surface area contributed by atoms with Crippen LogP contribution in [-0.2, 0) is 0 Å². The second-order valence-corrected chi connectivity index (χ2v) is 4.58. The first-order chi connectivity index (χ1) is 7.75. The van der Waals surface area contributed by atoms with Crippen LogP contribution < -0.4 is 5.32 Å². The van der Waals surface area contributed by atoms with E-state index >= 15 is 0 Å². The molecule has 3 N–H and O–H groups in total. The van der Waals surface area contributed by atoms with Crippen LogP contribution in [0.5, 0.6) is 11.5 Å². The van der Waals surface area contributed by atoms with Crippen molar-refractivity contribution in [2.45, 2.75) is 9.79 Å². The molecule has 0 saturated heterocycles. The summed E-state index contributed by atoms with van der Waals surface area (Å²) >= 11 is 1.45. The molecule has 16 heavy (non-hydrogen) atoms. The number of hydrogen-bond donors (Lipinski definition) is 3. The van der Waals surface area contributed by atoms with E-state index in [4.69, 9.17) is 0 Å². The van der Waals surface area contributed by atoms with Gasteiger partial charge in [-0.05, 0) is 24.3 Å². The molecule has 0 bridgehead atoms. The van der Waals surface area contributed by atoms with E-state index in [-0.39, 0.29) is 11.5 Å². The topological polar surface area (TPSA) is 52.5 Å². The largest absolute Gasteiger partial charge is 0.507 e. The molecule has 0 spiro atoms. The molecule has 1 heterocycles. The Bertz CT molecular complexity index is 519. The third-order valence-electron chi connectivity index (χ3n) is 2.47. The van der Waals surface area contributed by atoms with Gasteiger partial charge in [0.2, 0.25) is 0 Å².